The third-order valence-electron chi connectivity index (χ3n) is 6.45. The number of Topliss-reactive ketones (excluding diaryl/α,β-unsaturated/α-hetero) is 1. The molecule has 2 aliphatic carbocycles. The maximum absolute atomic E-state index is 12.0. The predicted molar refractivity (Wildman–Crippen MR) is 122 cm³/mol. The van der Waals surface area contributed by atoms with E-state index >= 15 is 0 Å². The first-order chi connectivity index (χ1) is 11.6. The third kappa shape index (κ3) is 8.37. The number of hydrogen-bond acceptors (Lipinski definition) is 5. The summed E-state index contributed by atoms with van der Waals surface area (Å²) in [6.07, 6.45) is 7.29. The molecule has 0 radical (unpaired) electrons. The smallest absolute Gasteiger partial charge is 0 e. The van der Waals surface area contributed by atoms with Crippen molar-refractivity contribution < 1.29 is 34.3 Å². The molecule has 4 nitrogen and oxygen atoms in total. The van der Waals surface area contributed by atoms with Crippen molar-refractivity contribution in [2.45, 2.75) is 64.5 Å². The second-order valence-corrected chi connectivity index (χ2v) is 12.1. The van der Waals surface area contributed by atoms with Crippen LogP contribution < -0.4 is 0 Å². The van der Waals surface area contributed by atoms with Gasteiger partial charge in [-0.2, -0.15) is 31.9 Å². The first kappa shape index (κ1) is 34.2. The molecular formula is C18H34K2NiO4S3. The van der Waals surface area contributed by atoms with Crippen LogP contribution in [-0.2, 0) is 31.4 Å². The summed E-state index contributed by atoms with van der Waals surface area (Å²) in [4.78, 5) is 12.0. The van der Waals surface area contributed by atoms with Crippen LogP contribution in [0.5, 0.6) is 0 Å². The van der Waals surface area contributed by atoms with Crippen LogP contribution in [0.15, 0.2) is 0 Å². The Balaban J connectivity index is 0. The van der Waals surface area contributed by atoms with Gasteiger partial charge in [-0.25, -0.2) is 0 Å². The summed E-state index contributed by atoms with van der Waals surface area (Å²) in [6.45, 7) is 5.67. The Morgan fingerprint density at radius 1 is 0.929 bits per heavy atom. The molecule has 28 heavy (non-hydrogen) atoms. The van der Waals surface area contributed by atoms with Gasteiger partial charge in [0, 0.05) is 21.9 Å². The Morgan fingerprint density at radius 3 is 1.50 bits per heavy atom. The van der Waals surface area contributed by atoms with Crippen molar-refractivity contribution in [2.24, 2.45) is 16.7 Å². The molecule has 0 amide bonds. The second kappa shape index (κ2) is 15.1. The van der Waals surface area contributed by atoms with Gasteiger partial charge in [0.1, 0.15) is 5.25 Å². The number of rotatable bonds is 1. The molecule has 3 atom stereocenters. The average Bonchev–Trinajstić information content (AvgIpc) is 3.29. The largest absolute Gasteiger partial charge is 0 e. The first-order valence-corrected chi connectivity index (χ1v) is 13.1. The molecule has 2 heterocycles. The topological polar surface area (TPSA) is 71.4 Å². The minimum atomic E-state index is -4.24. The van der Waals surface area contributed by atoms with Crippen LogP contribution in [-0.4, -0.2) is 150 Å². The maximum Gasteiger partial charge on any atom is 0 e. The standard InChI is InChI=1S/C10H16O4S.2C4H8S.2K.Ni.2H/c1-9(2)6-4-5-10(9,3)8(11)7(6)15(12,13)14;2*1-2-4-5-3-1;;;;;/h6-7H,4-5H2,1-3H3,(H,12,13,14);2*1-4H2;;;;;. The van der Waals surface area contributed by atoms with Crippen LogP contribution in [0.4, 0.5) is 0 Å². The van der Waals surface area contributed by atoms with Crippen LogP contribution in [0.1, 0.15) is 59.3 Å². The van der Waals surface area contributed by atoms with Gasteiger partial charge in [-0.05, 0) is 72.9 Å². The molecule has 2 saturated carbocycles. The Morgan fingerprint density at radius 2 is 1.32 bits per heavy atom. The molecule has 10 heteroatoms. The minimum absolute atomic E-state index is 0. The van der Waals surface area contributed by atoms with Crippen molar-refractivity contribution in [1.82, 2.24) is 0 Å². The molecule has 2 bridgehead atoms. The Kier molecular flexibility index (Phi) is 18.5. The summed E-state index contributed by atoms with van der Waals surface area (Å²) in [7, 11) is -4.24. The number of thioether (sulfide) groups is 2. The fourth-order valence-corrected chi connectivity index (χ4v) is 7.83. The van der Waals surface area contributed by atoms with Gasteiger partial charge < -0.3 is 0 Å². The maximum atomic E-state index is 12.0. The zero-order chi connectivity index (χ0) is 18.7. The SMILES string of the molecule is C1CCSC1.C1CCSC1.CC12CCC(C(S(=O)(=O)O)C1=O)C2(C)C.[KH].[KH].[Ni]. The van der Waals surface area contributed by atoms with Crippen molar-refractivity contribution in [3.63, 3.8) is 0 Å². The summed E-state index contributed by atoms with van der Waals surface area (Å²) in [5.74, 6) is 5.14. The minimum Gasteiger partial charge on any atom is 0 e. The van der Waals surface area contributed by atoms with E-state index in [1.54, 1.807) is 0 Å². The van der Waals surface area contributed by atoms with Crippen LogP contribution >= 0.6 is 23.5 Å². The van der Waals surface area contributed by atoms with E-state index in [2.05, 4.69) is 23.5 Å². The summed E-state index contributed by atoms with van der Waals surface area (Å²) in [6, 6.07) is 0. The fourth-order valence-electron chi connectivity index (χ4n) is 4.37. The van der Waals surface area contributed by atoms with E-state index in [-0.39, 0.29) is 136 Å². The van der Waals surface area contributed by atoms with Crippen molar-refractivity contribution in [2.75, 3.05) is 23.0 Å². The molecule has 2 aliphatic heterocycles. The molecule has 4 aliphatic rings. The molecular weight excluding hydrogens is 513 g/mol. The normalized spacial score (nSPS) is 31.9. The van der Waals surface area contributed by atoms with Crippen molar-refractivity contribution in [3.8, 4) is 0 Å². The van der Waals surface area contributed by atoms with Gasteiger partial charge in [0.15, 0.2) is 5.78 Å². The van der Waals surface area contributed by atoms with E-state index in [0.717, 1.165) is 6.42 Å². The summed E-state index contributed by atoms with van der Waals surface area (Å²) in [5.41, 5.74) is -0.914. The number of carbonyl (C=O) groups is 1. The van der Waals surface area contributed by atoms with Crippen molar-refractivity contribution in [3.05, 3.63) is 0 Å². The number of hydrogen-bond donors (Lipinski definition) is 1. The molecule has 2 saturated heterocycles. The van der Waals surface area contributed by atoms with Crippen LogP contribution in [0.3, 0.4) is 0 Å². The van der Waals surface area contributed by atoms with Crippen LogP contribution in [0, 0.1) is 16.7 Å². The van der Waals surface area contributed by atoms with E-state index in [0.29, 0.717) is 6.42 Å². The van der Waals surface area contributed by atoms with E-state index in [4.69, 9.17) is 4.55 Å². The molecule has 4 fully saturated rings. The van der Waals surface area contributed by atoms with Gasteiger partial charge in [0.25, 0.3) is 10.1 Å². The van der Waals surface area contributed by atoms with E-state index in [1.807, 2.05) is 20.8 Å². The molecule has 0 aromatic carbocycles. The molecule has 0 aromatic rings. The van der Waals surface area contributed by atoms with E-state index in [1.165, 1.54) is 48.7 Å². The second-order valence-electron chi connectivity index (χ2n) is 8.14. The van der Waals surface area contributed by atoms with Gasteiger partial charge in [0.2, 0.25) is 0 Å². The zero-order valence-electron chi connectivity index (χ0n) is 15.9. The van der Waals surface area contributed by atoms with Gasteiger partial charge in [-0.3, -0.25) is 9.35 Å². The first-order valence-electron chi connectivity index (χ1n) is 9.28. The Hall–Kier alpha value is 4.05. The van der Waals surface area contributed by atoms with Crippen LogP contribution in [0.25, 0.3) is 0 Å². The summed E-state index contributed by atoms with van der Waals surface area (Å²) < 4.78 is 31.5. The van der Waals surface area contributed by atoms with Gasteiger partial charge in [-0.1, -0.05) is 20.8 Å². The number of fused-ring (bicyclic) bond motifs is 2. The third-order valence-corrected chi connectivity index (χ3v) is 9.94. The van der Waals surface area contributed by atoms with E-state index < -0.39 is 20.8 Å². The molecule has 3 unspecified atom stereocenters. The van der Waals surface area contributed by atoms with E-state index in [9.17, 15) is 13.2 Å². The van der Waals surface area contributed by atoms with Crippen LogP contribution in [0.2, 0.25) is 0 Å². The van der Waals surface area contributed by atoms with Gasteiger partial charge in [-0.15, -0.1) is 0 Å². The summed E-state index contributed by atoms with van der Waals surface area (Å²) >= 11 is 4.15. The molecule has 0 spiro atoms. The van der Waals surface area contributed by atoms with Crippen molar-refractivity contribution >= 4 is 142 Å². The Bertz CT molecular complexity index is 556. The average molecular weight is 548 g/mol. The molecule has 4 rings (SSSR count). The Labute approximate surface area is 275 Å². The van der Waals surface area contributed by atoms with Gasteiger partial charge >= 0.3 is 103 Å². The molecule has 0 aromatic heterocycles. The molecule has 1 N–H and O–H groups in total. The van der Waals surface area contributed by atoms with Gasteiger partial charge in [0.05, 0.1) is 0 Å². The fraction of sp³-hybridized carbons (Fsp3) is 0.944. The number of ketones is 1. The predicted octanol–water partition coefficient (Wildman–Crippen LogP) is 3.00. The quantitative estimate of drug-likeness (QED) is 0.402. The van der Waals surface area contributed by atoms with Crippen molar-refractivity contribution in [1.29, 1.82) is 0 Å². The zero-order valence-corrected chi connectivity index (χ0v) is 19.4. The molecule has 160 valence electrons. The summed E-state index contributed by atoms with van der Waals surface area (Å²) in [5, 5.41) is -1.19. The number of carbonyl (C=O) groups excluding carboxylic acids is 1. The monoisotopic (exact) mass is 546 g/mol.